The zero-order chi connectivity index (χ0) is 17.9. The van der Waals surface area contributed by atoms with E-state index in [2.05, 4.69) is 5.32 Å². The zero-order valence-corrected chi connectivity index (χ0v) is 14.3. The monoisotopic (exact) mass is 366 g/mol. The fraction of sp³-hybridized carbons (Fsp3) is 0.125. The number of sulfone groups is 1. The van der Waals surface area contributed by atoms with Crippen molar-refractivity contribution in [2.75, 3.05) is 6.26 Å². The first-order chi connectivity index (χ1) is 11.2. The number of hydrogen-bond acceptors (Lipinski definition) is 4. The van der Waals surface area contributed by atoms with Crippen LogP contribution in [0.3, 0.4) is 0 Å². The maximum absolute atomic E-state index is 12.4. The van der Waals surface area contributed by atoms with Gasteiger partial charge in [0, 0.05) is 6.26 Å². The third-order valence-corrected chi connectivity index (χ3v) is 4.74. The molecule has 6 nitrogen and oxygen atoms in total. The van der Waals surface area contributed by atoms with Gasteiger partial charge in [-0.15, -0.1) is 0 Å². The molecule has 0 radical (unpaired) electrons. The molecule has 2 rings (SSSR count). The normalized spacial score (nSPS) is 12.4. The van der Waals surface area contributed by atoms with E-state index in [4.69, 9.17) is 17.3 Å². The number of hydrogen-bond donors (Lipinski definition) is 2. The number of nitrogens with two attached hydrogens (primary N) is 1. The minimum Gasteiger partial charge on any atom is -0.368 e. The second kappa shape index (κ2) is 7.02. The topological polar surface area (TPSA) is 106 Å². The van der Waals surface area contributed by atoms with Gasteiger partial charge >= 0.3 is 0 Å². The summed E-state index contributed by atoms with van der Waals surface area (Å²) in [6.07, 6.45) is 1.02. The molecule has 0 aliphatic heterocycles. The van der Waals surface area contributed by atoms with Crippen molar-refractivity contribution in [3.05, 3.63) is 64.7 Å². The Labute approximate surface area is 144 Å². The quantitative estimate of drug-likeness (QED) is 0.839. The van der Waals surface area contributed by atoms with Crippen molar-refractivity contribution in [3.8, 4) is 0 Å². The predicted molar refractivity (Wildman–Crippen MR) is 90.4 cm³/mol. The molecule has 0 bridgehead atoms. The highest BCUT2D eigenvalue weighted by Gasteiger charge is 2.23. The van der Waals surface area contributed by atoms with Crippen molar-refractivity contribution in [1.82, 2.24) is 5.32 Å². The van der Waals surface area contributed by atoms with E-state index in [1.165, 1.54) is 12.1 Å². The molecule has 0 fully saturated rings. The third kappa shape index (κ3) is 4.12. The van der Waals surface area contributed by atoms with E-state index in [0.29, 0.717) is 5.56 Å². The fourth-order valence-corrected chi connectivity index (χ4v) is 2.93. The summed E-state index contributed by atoms with van der Waals surface area (Å²) in [6, 6.07) is 11.2. The van der Waals surface area contributed by atoms with Crippen LogP contribution in [0.15, 0.2) is 53.4 Å². The van der Waals surface area contributed by atoms with Gasteiger partial charge in [-0.05, 0) is 23.8 Å². The van der Waals surface area contributed by atoms with Crippen LogP contribution in [0, 0.1) is 0 Å². The van der Waals surface area contributed by atoms with Crippen LogP contribution in [0.2, 0.25) is 5.02 Å². The van der Waals surface area contributed by atoms with Gasteiger partial charge in [-0.25, -0.2) is 8.42 Å². The summed E-state index contributed by atoms with van der Waals surface area (Å²) in [5.41, 5.74) is 5.80. The number of rotatable bonds is 5. The van der Waals surface area contributed by atoms with Crippen LogP contribution in [0.4, 0.5) is 0 Å². The molecular weight excluding hydrogens is 352 g/mol. The largest absolute Gasteiger partial charge is 0.368 e. The Morgan fingerprint density at radius 1 is 1.12 bits per heavy atom. The maximum atomic E-state index is 12.4. The molecule has 0 saturated carbocycles. The highest BCUT2D eigenvalue weighted by atomic mass is 35.5. The Kier molecular flexibility index (Phi) is 5.26. The molecule has 2 aromatic carbocycles. The molecule has 1 unspecified atom stereocenters. The van der Waals surface area contributed by atoms with Gasteiger partial charge in [0.05, 0.1) is 15.5 Å². The average Bonchev–Trinajstić information content (AvgIpc) is 2.52. The molecule has 8 heteroatoms. The maximum Gasteiger partial charge on any atom is 0.253 e. The van der Waals surface area contributed by atoms with Crippen molar-refractivity contribution in [2.45, 2.75) is 10.9 Å². The number of halogens is 1. The van der Waals surface area contributed by atoms with Crippen LogP contribution < -0.4 is 11.1 Å². The number of benzene rings is 2. The molecule has 0 spiro atoms. The van der Waals surface area contributed by atoms with E-state index in [0.717, 1.165) is 12.3 Å². The minimum absolute atomic E-state index is 0.0487. The summed E-state index contributed by atoms with van der Waals surface area (Å²) in [4.78, 5) is 24.0. The number of nitrogens with one attached hydrogen (secondary N) is 1. The molecular formula is C16H15ClN2O4S. The van der Waals surface area contributed by atoms with E-state index in [9.17, 15) is 18.0 Å². The standard InChI is InChI=1S/C16H15ClN2O4S/c1-24(22,23)11-7-8-13(17)12(9-11)16(21)19-14(15(18)20)10-5-3-2-4-6-10/h2-9,14H,1H3,(H2,18,20)(H,19,21). The van der Waals surface area contributed by atoms with Gasteiger partial charge in [0.25, 0.3) is 5.91 Å². The van der Waals surface area contributed by atoms with Crippen molar-refractivity contribution in [2.24, 2.45) is 5.73 Å². The first-order valence-corrected chi connectivity index (χ1v) is 9.12. The van der Waals surface area contributed by atoms with Gasteiger partial charge in [-0.3, -0.25) is 9.59 Å². The number of amides is 2. The Bertz CT molecular complexity index is 882. The lowest BCUT2D eigenvalue weighted by atomic mass is 10.1. The summed E-state index contributed by atoms with van der Waals surface area (Å²) >= 11 is 5.98. The lowest BCUT2D eigenvalue weighted by molar-refractivity contribution is -0.120. The van der Waals surface area contributed by atoms with Crippen LogP contribution in [0.1, 0.15) is 22.0 Å². The first-order valence-electron chi connectivity index (χ1n) is 6.85. The van der Waals surface area contributed by atoms with Crippen LogP contribution in [-0.4, -0.2) is 26.5 Å². The molecule has 3 N–H and O–H groups in total. The number of carbonyl (C=O) groups is 2. The van der Waals surface area contributed by atoms with Crippen molar-refractivity contribution in [1.29, 1.82) is 0 Å². The van der Waals surface area contributed by atoms with Gasteiger partial charge in [0.1, 0.15) is 6.04 Å². The lowest BCUT2D eigenvalue weighted by Gasteiger charge is -2.16. The summed E-state index contributed by atoms with van der Waals surface area (Å²) in [6.45, 7) is 0. The predicted octanol–water partition coefficient (Wildman–Crippen LogP) is 1.70. The molecule has 0 aliphatic carbocycles. The molecule has 0 aliphatic rings. The molecule has 2 aromatic rings. The second-order valence-corrected chi connectivity index (χ2v) is 7.56. The van der Waals surface area contributed by atoms with E-state index in [1.54, 1.807) is 30.3 Å². The smallest absolute Gasteiger partial charge is 0.253 e. The van der Waals surface area contributed by atoms with E-state index in [1.807, 2.05) is 0 Å². The summed E-state index contributed by atoms with van der Waals surface area (Å²) in [5.74, 6) is -1.44. The molecule has 0 saturated heterocycles. The van der Waals surface area contributed by atoms with Crippen molar-refractivity contribution >= 4 is 33.3 Å². The molecule has 1 atom stereocenters. The fourth-order valence-electron chi connectivity index (χ4n) is 2.08. The van der Waals surface area contributed by atoms with Crippen molar-refractivity contribution < 1.29 is 18.0 Å². The van der Waals surface area contributed by atoms with E-state index >= 15 is 0 Å². The molecule has 0 heterocycles. The van der Waals surface area contributed by atoms with Crippen LogP contribution in [-0.2, 0) is 14.6 Å². The van der Waals surface area contributed by atoms with E-state index < -0.39 is 27.7 Å². The third-order valence-electron chi connectivity index (χ3n) is 3.30. The van der Waals surface area contributed by atoms with Crippen LogP contribution in [0.5, 0.6) is 0 Å². The van der Waals surface area contributed by atoms with Crippen LogP contribution in [0.25, 0.3) is 0 Å². The van der Waals surface area contributed by atoms with Gasteiger partial charge in [-0.1, -0.05) is 41.9 Å². The lowest BCUT2D eigenvalue weighted by Crippen LogP contribution is -2.37. The summed E-state index contributed by atoms with van der Waals surface area (Å²) < 4.78 is 23.2. The highest BCUT2D eigenvalue weighted by molar-refractivity contribution is 7.90. The van der Waals surface area contributed by atoms with E-state index in [-0.39, 0.29) is 15.5 Å². The molecule has 0 aromatic heterocycles. The number of carbonyl (C=O) groups excluding carboxylic acids is 2. The molecule has 126 valence electrons. The second-order valence-electron chi connectivity index (χ2n) is 5.13. The van der Waals surface area contributed by atoms with Gasteiger partial charge in [0.15, 0.2) is 9.84 Å². The number of primary amides is 1. The Hall–Kier alpha value is -2.38. The molecule has 2 amide bonds. The highest BCUT2D eigenvalue weighted by Crippen LogP contribution is 2.22. The average molecular weight is 367 g/mol. The Morgan fingerprint density at radius 2 is 1.75 bits per heavy atom. The summed E-state index contributed by atoms with van der Waals surface area (Å²) in [5, 5.41) is 2.54. The van der Waals surface area contributed by atoms with Crippen LogP contribution >= 0.6 is 11.6 Å². The SMILES string of the molecule is CS(=O)(=O)c1ccc(Cl)c(C(=O)NC(C(N)=O)c2ccccc2)c1. The summed E-state index contributed by atoms with van der Waals surface area (Å²) in [7, 11) is -3.50. The zero-order valence-electron chi connectivity index (χ0n) is 12.7. The first kappa shape index (κ1) is 18.0. The van der Waals surface area contributed by atoms with Gasteiger partial charge in [0.2, 0.25) is 5.91 Å². The minimum atomic E-state index is -3.50. The molecule has 24 heavy (non-hydrogen) atoms. The Morgan fingerprint density at radius 3 is 2.29 bits per heavy atom. The Balaban J connectivity index is 2.36. The van der Waals surface area contributed by atoms with Gasteiger partial charge < -0.3 is 11.1 Å². The van der Waals surface area contributed by atoms with Gasteiger partial charge in [-0.2, -0.15) is 0 Å². The van der Waals surface area contributed by atoms with Crippen molar-refractivity contribution in [3.63, 3.8) is 0 Å².